The van der Waals surface area contributed by atoms with Crippen molar-refractivity contribution in [2.45, 2.75) is 50.8 Å². The molecule has 1 aromatic carbocycles. The van der Waals surface area contributed by atoms with Gasteiger partial charge in [-0.25, -0.2) is 4.39 Å². The smallest absolute Gasteiger partial charge is 0.234 e. The minimum Gasteiger partial charge on any atom is -0.384 e. The lowest BCUT2D eigenvalue weighted by molar-refractivity contribution is -0.118. The van der Waals surface area contributed by atoms with E-state index in [-0.39, 0.29) is 28.7 Å². The number of anilines is 2. The average Bonchev–Trinajstić information content (AvgIpc) is 3.52. The lowest BCUT2D eigenvalue weighted by atomic mass is 9.70. The number of hydrogen-bond acceptors (Lipinski definition) is 10. The number of carbonyl (C=O) groups is 2. The Morgan fingerprint density at radius 1 is 1.25 bits per heavy atom. The number of benzene rings is 1. The summed E-state index contributed by atoms with van der Waals surface area (Å²) in [5, 5.41) is 21.9. The van der Waals surface area contributed by atoms with Crippen molar-refractivity contribution < 1.29 is 14.0 Å². The molecule has 0 saturated heterocycles. The van der Waals surface area contributed by atoms with E-state index in [9.17, 15) is 19.2 Å². The first kappa shape index (κ1) is 28.0. The predicted molar refractivity (Wildman–Crippen MR) is 157 cm³/mol. The number of hydrogen-bond donors (Lipinski definition) is 2. The van der Waals surface area contributed by atoms with Crippen LogP contribution in [0.25, 0.3) is 0 Å². The number of carbonyl (C=O) groups excluding carboxylic acids is 2. The van der Waals surface area contributed by atoms with Crippen LogP contribution in [-0.4, -0.2) is 27.6 Å². The number of nitrogens with one attached hydrogen (secondary N) is 1. The summed E-state index contributed by atoms with van der Waals surface area (Å²) in [5.74, 6) is -0.987. The van der Waals surface area contributed by atoms with Gasteiger partial charge in [-0.3, -0.25) is 14.5 Å². The topological polar surface area (TPSA) is 125 Å². The second kappa shape index (κ2) is 10.8. The number of nitriles is 1. The maximum Gasteiger partial charge on any atom is 0.234 e. The van der Waals surface area contributed by atoms with E-state index in [0.29, 0.717) is 39.1 Å². The maximum absolute atomic E-state index is 13.6. The Bertz CT molecular complexity index is 1630. The van der Waals surface area contributed by atoms with Crippen molar-refractivity contribution in [2.24, 2.45) is 11.1 Å². The summed E-state index contributed by atoms with van der Waals surface area (Å²) >= 11 is 3.97. The van der Waals surface area contributed by atoms with Gasteiger partial charge in [-0.05, 0) is 55.5 Å². The number of thiophene rings is 1. The van der Waals surface area contributed by atoms with E-state index in [1.165, 1.54) is 35.2 Å². The summed E-state index contributed by atoms with van der Waals surface area (Å²) in [6.07, 6.45) is 0.946. The summed E-state index contributed by atoms with van der Waals surface area (Å²) < 4.78 is 14.1. The first-order valence-electron chi connectivity index (χ1n) is 12.5. The number of aryl methyl sites for hydroxylation is 2. The van der Waals surface area contributed by atoms with Crippen LogP contribution in [0.4, 0.5) is 15.2 Å². The first-order chi connectivity index (χ1) is 19.0. The maximum atomic E-state index is 13.6. The number of amides is 1. The van der Waals surface area contributed by atoms with Crippen LogP contribution in [0, 0.1) is 36.4 Å². The Morgan fingerprint density at radius 3 is 2.73 bits per heavy atom. The number of thioether (sulfide) groups is 1. The largest absolute Gasteiger partial charge is 0.384 e. The second-order valence-electron chi connectivity index (χ2n) is 10.6. The molecule has 0 spiro atoms. The van der Waals surface area contributed by atoms with Crippen molar-refractivity contribution in [1.82, 2.24) is 10.2 Å². The molecule has 3 N–H and O–H groups in total. The number of allylic oxidation sites excluding steroid dienone is 3. The van der Waals surface area contributed by atoms with Crippen LogP contribution in [-0.2, 0) is 9.59 Å². The lowest BCUT2D eigenvalue weighted by Crippen LogP contribution is -2.42. The molecule has 1 aliphatic carbocycles. The predicted octanol–water partition coefficient (Wildman–Crippen LogP) is 6.03. The molecule has 1 amide bonds. The molecule has 206 valence electrons. The molecule has 12 heteroatoms. The van der Waals surface area contributed by atoms with Gasteiger partial charge < -0.3 is 11.1 Å². The van der Waals surface area contributed by atoms with E-state index >= 15 is 0 Å². The van der Waals surface area contributed by atoms with Crippen LogP contribution in [0.3, 0.4) is 0 Å². The van der Waals surface area contributed by atoms with Crippen molar-refractivity contribution in [2.75, 3.05) is 16.0 Å². The Kier molecular flexibility index (Phi) is 7.56. The molecular formula is C28H27FN6O2S3. The molecule has 5 rings (SSSR count). The van der Waals surface area contributed by atoms with E-state index in [2.05, 4.69) is 21.6 Å². The quantitative estimate of drug-likeness (QED) is 0.332. The van der Waals surface area contributed by atoms with Crippen molar-refractivity contribution in [3.05, 3.63) is 74.1 Å². The Morgan fingerprint density at radius 2 is 2.02 bits per heavy atom. The van der Waals surface area contributed by atoms with Crippen molar-refractivity contribution in [3.8, 4) is 6.07 Å². The fourth-order valence-corrected chi connectivity index (χ4v) is 7.69. The molecule has 3 heterocycles. The van der Waals surface area contributed by atoms with Gasteiger partial charge in [0.15, 0.2) is 10.1 Å². The van der Waals surface area contributed by atoms with Crippen LogP contribution in [0.1, 0.15) is 47.9 Å². The number of nitrogens with two attached hydrogens (primary N) is 1. The van der Waals surface area contributed by atoms with Gasteiger partial charge in [0.1, 0.15) is 11.6 Å². The molecule has 3 aromatic rings. The standard InChI is InChI=1S/C28H27FN6O2S3/c1-14-5-7-16(29)9-18(14)32-22(37)13-38-27-34-33-26(40-27)35-19-10-28(3,4)11-20(36)24(19)23(17(12-30)25(35)31)21-8-6-15(2)39-21/h5-9,23H,10-11,13,31H2,1-4H3,(H,32,37). The fourth-order valence-electron chi connectivity index (χ4n) is 5.01. The van der Waals surface area contributed by atoms with Gasteiger partial charge in [-0.2, -0.15) is 5.26 Å². The second-order valence-corrected chi connectivity index (χ2v) is 14.1. The lowest BCUT2D eigenvalue weighted by Gasteiger charge is -2.42. The summed E-state index contributed by atoms with van der Waals surface area (Å²) in [6.45, 7) is 7.85. The summed E-state index contributed by atoms with van der Waals surface area (Å²) in [7, 11) is 0. The third-order valence-electron chi connectivity index (χ3n) is 6.81. The highest BCUT2D eigenvalue weighted by molar-refractivity contribution is 8.01. The molecule has 0 bridgehead atoms. The van der Waals surface area contributed by atoms with Crippen molar-refractivity contribution in [1.29, 1.82) is 5.26 Å². The average molecular weight is 595 g/mol. The number of halogens is 1. The number of aromatic nitrogens is 2. The molecule has 0 radical (unpaired) electrons. The third-order valence-corrected chi connectivity index (χ3v) is 9.92. The molecule has 2 aromatic heterocycles. The van der Waals surface area contributed by atoms with Gasteiger partial charge in [0.25, 0.3) is 0 Å². The molecule has 0 saturated carbocycles. The van der Waals surface area contributed by atoms with E-state index in [1.54, 1.807) is 29.2 Å². The molecular weight excluding hydrogens is 568 g/mol. The number of rotatable bonds is 6. The number of ketones is 1. The van der Waals surface area contributed by atoms with Gasteiger partial charge in [0.05, 0.1) is 23.3 Å². The van der Waals surface area contributed by atoms with Crippen molar-refractivity contribution in [3.63, 3.8) is 0 Å². The molecule has 2 aliphatic rings. The third kappa shape index (κ3) is 5.41. The summed E-state index contributed by atoms with van der Waals surface area (Å²) in [4.78, 5) is 29.8. The van der Waals surface area contributed by atoms with E-state index in [1.807, 2.05) is 32.9 Å². The Hall–Kier alpha value is -3.53. The number of nitrogens with zero attached hydrogens (tertiary/aromatic N) is 4. The van der Waals surface area contributed by atoms with Crippen LogP contribution in [0.5, 0.6) is 0 Å². The molecule has 1 aliphatic heterocycles. The number of Topliss-reactive ketones (excluding diaryl/α,β-unsaturated/α-hetero) is 1. The fraction of sp³-hybridized carbons (Fsp3) is 0.321. The SMILES string of the molecule is Cc1ccc(C2C(C#N)=C(N)N(c3nnc(SCC(=O)Nc4cc(F)ccc4C)s3)C3=C2C(=O)CC(C)(C)C3)s1. The van der Waals surface area contributed by atoms with E-state index < -0.39 is 11.7 Å². The van der Waals surface area contributed by atoms with Gasteiger partial charge in [0, 0.05) is 33.1 Å². The van der Waals surface area contributed by atoms with E-state index in [0.717, 1.165) is 21.0 Å². The Labute approximate surface area is 243 Å². The molecule has 1 unspecified atom stereocenters. The van der Waals surface area contributed by atoms with Gasteiger partial charge in [-0.15, -0.1) is 21.5 Å². The van der Waals surface area contributed by atoms with Gasteiger partial charge >= 0.3 is 0 Å². The molecule has 40 heavy (non-hydrogen) atoms. The molecule has 0 fully saturated rings. The highest BCUT2D eigenvalue weighted by Crippen LogP contribution is 2.51. The zero-order valence-corrected chi connectivity index (χ0v) is 24.8. The van der Waals surface area contributed by atoms with Crippen LogP contribution in [0.2, 0.25) is 0 Å². The summed E-state index contributed by atoms with van der Waals surface area (Å²) in [6, 6.07) is 10.4. The zero-order valence-electron chi connectivity index (χ0n) is 22.4. The van der Waals surface area contributed by atoms with Crippen LogP contribution in [0.15, 0.2) is 57.3 Å². The highest BCUT2D eigenvalue weighted by Gasteiger charge is 2.45. The van der Waals surface area contributed by atoms with Gasteiger partial charge in [0.2, 0.25) is 11.0 Å². The van der Waals surface area contributed by atoms with Gasteiger partial charge in [-0.1, -0.05) is 43.0 Å². The minimum atomic E-state index is -0.518. The Balaban J connectivity index is 1.45. The monoisotopic (exact) mass is 594 g/mol. The van der Waals surface area contributed by atoms with Crippen LogP contribution < -0.4 is 16.0 Å². The normalized spacial score (nSPS) is 18.6. The van der Waals surface area contributed by atoms with Crippen molar-refractivity contribution >= 4 is 56.9 Å². The van der Waals surface area contributed by atoms with E-state index in [4.69, 9.17) is 5.73 Å². The first-order valence-corrected chi connectivity index (χ1v) is 15.1. The van der Waals surface area contributed by atoms with Crippen LogP contribution >= 0.6 is 34.4 Å². The zero-order chi connectivity index (χ0) is 28.8. The minimum absolute atomic E-state index is 0.00372. The molecule has 8 nitrogen and oxygen atoms in total. The molecule has 1 atom stereocenters. The summed E-state index contributed by atoms with van der Waals surface area (Å²) in [5.41, 5.74) is 9.16. The highest BCUT2D eigenvalue weighted by atomic mass is 32.2.